The van der Waals surface area contributed by atoms with Crippen LogP contribution in [0.25, 0.3) is 11.1 Å². The van der Waals surface area contributed by atoms with Gasteiger partial charge in [0.15, 0.2) is 0 Å². The van der Waals surface area contributed by atoms with Crippen molar-refractivity contribution >= 4 is 21.6 Å². The summed E-state index contributed by atoms with van der Waals surface area (Å²) in [6.07, 6.45) is 2.61. The summed E-state index contributed by atoms with van der Waals surface area (Å²) in [5.74, 6) is -0.0116. The number of para-hydroxylation sites is 1. The Hall–Kier alpha value is -1.95. The van der Waals surface area contributed by atoms with Crippen molar-refractivity contribution in [2.45, 2.75) is 0 Å². The van der Waals surface area contributed by atoms with E-state index in [9.17, 15) is 15.2 Å². The van der Waals surface area contributed by atoms with Gasteiger partial charge in [0, 0.05) is 11.8 Å². The minimum absolute atomic E-state index is 0.0116. The van der Waals surface area contributed by atoms with Crippen LogP contribution in [0.3, 0.4) is 0 Å². The maximum atomic E-state index is 10.9. The van der Waals surface area contributed by atoms with E-state index in [4.69, 9.17) is 0 Å². The van der Waals surface area contributed by atoms with Crippen molar-refractivity contribution in [3.63, 3.8) is 0 Å². The van der Waals surface area contributed by atoms with Crippen molar-refractivity contribution in [1.29, 1.82) is 0 Å². The zero-order valence-electron chi connectivity index (χ0n) is 8.50. The molecule has 1 heterocycles. The number of aromatic hydroxyl groups is 1. The summed E-state index contributed by atoms with van der Waals surface area (Å²) in [5, 5.41) is 20.7. The van der Waals surface area contributed by atoms with Crippen LogP contribution >= 0.6 is 15.9 Å². The second kappa shape index (κ2) is 4.50. The van der Waals surface area contributed by atoms with E-state index in [1.165, 1.54) is 12.3 Å². The predicted molar refractivity (Wildman–Crippen MR) is 65.7 cm³/mol. The average molecular weight is 295 g/mol. The number of rotatable bonds is 2. The van der Waals surface area contributed by atoms with Gasteiger partial charge in [-0.2, -0.15) is 0 Å². The van der Waals surface area contributed by atoms with E-state index in [2.05, 4.69) is 20.9 Å². The standard InChI is InChI=1S/C11H7BrN2O3/c12-8-5-13-6-9(14(16)17)11(8)7-3-1-2-4-10(7)15/h1-6,15H. The van der Waals surface area contributed by atoms with E-state index in [1.54, 1.807) is 18.2 Å². The molecule has 0 fully saturated rings. The molecule has 17 heavy (non-hydrogen) atoms. The van der Waals surface area contributed by atoms with Crippen LogP contribution in [0.1, 0.15) is 0 Å². The number of nitro groups is 1. The van der Waals surface area contributed by atoms with Gasteiger partial charge < -0.3 is 5.11 Å². The first-order valence-corrected chi connectivity index (χ1v) is 5.47. The fourth-order valence-corrected chi connectivity index (χ4v) is 2.05. The fraction of sp³-hybridized carbons (Fsp3) is 0. The lowest BCUT2D eigenvalue weighted by Crippen LogP contribution is -1.94. The SMILES string of the molecule is O=[N+]([O-])c1cncc(Br)c1-c1ccccc1O. The highest BCUT2D eigenvalue weighted by Gasteiger charge is 2.20. The molecule has 1 aromatic carbocycles. The minimum atomic E-state index is -0.528. The third-order valence-corrected chi connectivity index (χ3v) is 2.85. The Kier molecular flexibility index (Phi) is 3.06. The molecule has 0 aliphatic carbocycles. The summed E-state index contributed by atoms with van der Waals surface area (Å²) in [7, 11) is 0. The molecule has 0 saturated carbocycles. The summed E-state index contributed by atoms with van der Waals surface area (Å²) in [5.41, 5.74) is 0.567. The van der Waals surface area contributed by atoms with Crippen LogP contribution < -0.4 is 0 Å². The van der Waals surface area contributed by atoms with Crippen LogP contribution in [0.2, 0.25) is 0 Å². The number of hydrogen-bond donors (Lipinski definition) is 1. The Morgan fingerprint density at radius 1 is 1.29 bits per heavy atom. The highest BCUT2D eigenvalue weighted by molar-refractivity contribution is 9.10. The Labute approximate surface area is 105 Å². The fourth-order valence-electron chi connectivity index (χ4n) is 1.51. The average Bonchev–Trinajstić information content (AvgIpc) is 2.30. The smallest absolute Gasteiger partial charge is 0.296 e. The topological polar surface area (TPSA) is 76.3 Å². The van der Waals surface area contributed by atoms with Crippen molar-refractivity contribution in [3.8, 4) is 16.9 Å². The van der Waals surface area contributed by atoms with E-state index < -0.39 is 4.92 Å². The Bertz CT molecular complexity index is 587. The molecular formula is C11H7BrN2O3. The Morgan fingerprint density at radius 2 is 2.00 bits per heavy atom. The van der Waals surface area contributed by atoms with Gasteiger partial charge in [-0.25, -0.2) is 0 Å². The second-order valence-electron chi connectivity index (χ2n) is 3.29. The highest BCUT2D eigenvalue weighted by atomic mass is 79.9. The van der Waals surface area contributed by atoms with E-state index in [0.29, 0.717) is 15.6 Å². The lowest BCUT2D eigenvalue weighted by molar-refractivity contribution is -0.384. The van der Waals surface area contributed by atoms with Crippen molar-refractivity contribution in [2.24, 2.45) is 0 Å². The van der Waals surface area contributed by atoms with Crippen LogP contribution in [0.15, 0.2) is 41.1 Å². The van der Waals surface area contributed by atoms with E-state index in [-0.39, 0.29) is 11.4 Å². The molecule has 1 aromatic heterocycles. The van der Waals surface area contributed by atoms with Gasteiger partial charge in [0.05, 0.1) is 15.0 Å². The van der Waals surface area contributed by atoms with Gasteiger partial charge in [0.25, 0.3) is 5.69 Å². The van der Waals surface area contributed by atoms with Gasteiger partial charge in [-0.1, -0.05) is 18.2 Å². The molecule has 86 valence electrons. The number of aromatic nitrogens is 1. The zero-order chi connectivity index (χ0) is 12.4. The van der Waals surface area contributed by atoms with Crippen LogP contribution in [0.4, 0.5) is 5.69 Å². The molecule has 0 bridgehead atoms. The number of hydrogen-bond acceptors (Lipinski definition) is 4. The molecule has 2 rings (SSSR count). The molecule has 0 radical (unpaired) electrons. The van der Waals surface area contributed by atoms with Gasteiger partial charge >= 0.3 is 0 Å². The summed E-state index contributed by atoms with van der Waals surface area (Å²) < 4.78 is 0.466. The lowest BCUT2D eigenvalue weighted by Gasteiger charge is -2.06. The quantitative estimate of drug-likeness (QED) is 0.682. The summed E-state index contributed by atoms with van der Waals surface area (Å²) in [6, 6.07) is 6.44. The zero-order valence-corrected chi connectivity index (χ0v) is 10.1. The number of phenols is 1. The van der Waals surface area contributed by atoms with Crippen molar-refractivity contribution in [3.05, 3.63) is 51.2 Å². The second-order valence-corrected chi connectivity index (χ2v) is 4.14. The number of nitrogens with zero attached hydrogens (tertiary/aromatic N) is 2. The highest BCUT2D eigenvalue weighted by Crippen LogP contribution is 2.39. The van der Waals surface area contributed by atoms with Crippen LogP contribution in [-0.2, 0) is 0 Å². The maximum Gasteiger partial charge on any atom is 0.296 e. The van der Waals surface area contributed by atoms with E-state index >= 15 is 0 Å². The summed E-state index contributed by atoms with van der Waals surface area (Å²) >= 11 is 3.21. The first-order chi connectivity index (χ1) is 8.11. The molecule has 5 nitrogen and oxygen atoms in total. The molecule has 0 unspecified atom stereocenters. The molecular weight excluding hydrogens is 288 g/mol. The lowest BCUT2D eigenvalue weighted by atomic mass is 10.0. The van der Waals surface area contributed by atoms with Gasteiger partial charge in [0.2, 0.25) is 0 Å². The Balaban J connectivity index is 2.75. The number of pyridine rings is 1. The molecule has 0 saturated heterocycles. The molecule has 0 atom stereocenters. The molecule has 1 N–H and O–H groups in total. The molecule has 0 aliphatic heterocycles. The van der Waals surface area contributed by atoms with Crippen molar-refractivity contribution in [1.82, 2.24) is 4.98 Å². The van der Waals surface area contributed by atoms with Gasteiger partial charge in [-0.05, 0) is 22.0 Å². The predicted octanol–water partition coefficient (Wildman–Crippen LogP) is 3.12. The third-order valence-electron chi connectivity index (χ3n) is 2.25. The summed E-state index contributed by atoms with van der Waals surface area (Å²) in [4.78, 5) is 14.1. The number of phenolic OH excluding ortho intramolecular Hbond substituents is 1. The molecule has 6 heteroatoms. The summed E-state index contributed by atoms with van der Waals surface area (Å²) in [6.45, 7) is 0. The normalized spacial score (nSPS) is 10.2. The largest absolute Gasteiger partial charge is 0.507 e. The van der Waals surface area contributed by atoms with Gasteiger partial charge in [-0.3, -0.25) is 15.1 Å². The van der Waals surface area contributed by atoms with Crippen LogP contribution in [0.5, 0.6) is 5.75 Å². The molecule has 0 spiro atoms. The molecule has 0 aliphatic rings. The molecule has 0 amide bonds. The van der Waals surface area contributed by atoms with Gasteiger partial charge in [-0.15, -0.1) is 0 Å². The third kappa shape index (κ3) is 2.12. The van der Waals surface area contributed by atoms with Crippen molar-refractivity contribution in [2.75, 3.05) is 0 Å². The van der Waals surface area contributed by atoms with Crippen molar-refractivity contribution < 1.29 is 10.0 Å². The van der Waals surface area contributed by atoms with Crippen LogP contribution in [0, 0.1) is 10.1 Å². The minimum Gasteiger partial charge on any atom is -0.507 e. The number of halogens is 1. The van der Waals surface area contributed by atoms with Gasteiger partial charge in [0.1, 0.15) is 11.9 Å². The molecule has 2 aromatic rings. The monoisotopic (exact) mass is 294 g/mol. The first-order valence-electron chi connectivity index (χ1n) is 4.67. The first kappa shape index (κ1) is 11.5. The van der Waals surface area contributed by atoms with E-state index in [0.717, 1.165) is 6.20 Å². The van der Waals surface area contributed by atoms with Crippen LogP contribution in [-0.4, -0.2) is 15.0 Å². The Morgan fingerprint density at radius 3 is 2.65 bits per heavy atom. The van der Waals surface area contributed by atoms with E-state index in [1.807, 2.05) is 0 Å². The number of benzene rings is 1. The maximum absolute atomic E-state index is 10.9.